The summed E-state index contributed by atoms with van der Waals surface area (Å²) in [7, 11) is 0. The summed E-state index contributed by atoms with van der Waals surface area (Å²) in [4.78, 5) is 4.30. The predicted molar refractivity (Wildman–Crippen MR) is 90.6 cm³/mol. The fourth-order valence-electron chi connectivity index (χ4n) is 2.29. The highest BCUT2D eigenvalue weighted by molar-refractivity contribution is 6.35. The smallest absolute Gasteiger partial charge is 0.0661 e. The first kappa shape index (κ1) is 15.1. The van der Waals surface area contributed by atoms with Gasteiger partial charge in [0, 0.05) is 36.2 Å². The van der Waals surface area contributed by atoms with Gasteiger partial charge in [-0.3, -0.25) is 4.98 Å². The van der Waals surface area contributed by atoms with Crippen LogP contribution in [0.3, 0.4) is 0 Å². The van der Waals surface area contributed by atoms with E-state index in [0.29, 0.717) is 10.0 Å². The third-order valence-corrected chi connectivity index (χ3v) is 3.88. The molecule has 3 aromatic rings. The molecular weight excluding hydrogens is 317 g/mol. The van der Waals surface area contributed by atoms with Gasteiger partial charge in [-0.2, -0.15) is 0 Å². The molecule has 3 nitrogen and oxygen atoms in total. The van der Waals surface area contributed by atoms with E-state index in [1.165, 1.54) is 0 Å². The number of halogens is 2. The van der Waals surface area contributed by atoms with Crippen molar-refractivity contribution in [3.63, 3.8) is 0 Å². The summed E-state index contributed by atoms with van der Waals surface area (Å²) in [5.41, 5.74) is 3.07. The Kier molecular flexibility index (Phi) is 4.78. The molecular formula is C17H15Cl2N3. The highest BCUT2D eigenvalue weighted by Crippen LogP contribution is 2.25. The zero-order valence-corrected chi connectivity index (χ0v) is 13.3. The molecule has 0 saturated heterocycles. The van der Waals surface area contributed by atoms with Gasteiger partial charge in [0.25, 0.3) is 0 Å². The number of nitrogens with zero attached hydrogens (tertiary/aromatic N) is 2. The predicted octanol–water partition coefficient (Wildman–Crippen LogP) is 4.47. The number of benzene rings is 1. The van der Waals surface area contributed by atoms with E-state index in [1.807, 2.05) is 42.6 Å². The quantitative estimate of drug-likeness (QED) is 0.747. The van der Waals surface area contributed by atoms with E-state index in [9.17, 15) is 0 Å². The van der Waals surface area contributed by atoms with Crippen LogP contribution in [0, 0.1) is 0 Å². The Morgan fingerprint density at radius 2 is 1.91 bits per heavy atom. The first-order chi connectivity index (χ1) is 10.7. The molecule has 1 N–H and O–H groups in total. The number of hydrogen-bond acceptors (Lipinski definition) is 2. The maximum absolute atomic E-state index is 6.29. The largest absolute Gasteiger partial charge is 0.318 e. The average molecular weight is 332 g/mol. The number of aromatic nitrogens is 2. The van der Waals surface area contributed by atoms with Crippen LogP contribution in [0.2, 0.25) is 10.0 Å². The Hall–Kier alpha value is -1.81. The minimum Gasteiger partial charge on any atom is -0.318 e. The molecule has 112 valence electrons. The van der Waals surface area contributed by atoms with Crippen LogP contribution < -0.4 is 5.32 Å². The van der Waals surface area contributed by atoms with Gasteiger partial charge in [0.2, 0.25) is 0 Å². The second kappa shape index (κ2) is 6.97. The highest BCUT2D eigenvalue weighted by Gasteiger charge is 2.07. The normalized spacial score (nSPS) is 10.8. The molecule has 0 bridgehead atoms. The molecule has 0 saturated carbocycles. The summed E-state index contributed by atoms with van der Waals surface area (Å²) >= 11 is 12.2. The third-order valence-electron chi connectivity index (χ3n) is 3.34. The van der Waals surface area contributed by atoms with Crippen LogP contribution in [0.15, 0.2) is 60.9 Å². The van der Waals surface area contributed by atoms with Crippen LogP contribution in [0.25, 0.3) is 5.69 Å². The van der Waals surface area contributed by atoms with Gasteiger partial charge >= 0.3 is 0 Å². The molecule has 0 amide bonds. The van der Waals surface area contributed by atoms with Gasteiger partial charge in [0.05, 0.1) is 16.4 Å². The van der Waals surface area contributed by atoms with Gasteiger partial charge in [-0.05, 0) is 42.5 Å². The van der Waals surface area contributed by atoms with E-state index in [4.69, 9.17) is 23.2 Å². The lowest BCUT2D eigenvalue weighted by Crippen LogP contribution is -2.16. The lowest BCUT2D eigenvalue weighted by molar-refractivity contribution is 0.658. The summed E-state index contributed by atoms with van der Waals surface area (Å²) < 4.78 is 2.06. The number of nitrogens with one attached hydrogen (secondary N) is 1. The van der Waals surface area contributed by atoms with E-state index >= 15 is 0 Å². The molecule has 2 aromatic heterocycles. The average Bonchev–Trinajstić information content (AvgIpc) is 2.97. The number of pyridine rings is 1. The maximum Gasteiger partial charge on any atom is 0.0661 e. The highest BCUT2D eigenvalue weighted by atomic mass is 35.5. The van der Waals surface area contributed by atoms with E-state index in [-0.39, 0.29) is 0 Å². The fraction of sp³-hybridized carbons (Fsp3) is 0.118. The maximum atomic E-state index is 6.29. The first-order valence-electron chi connectivity index (χ1n) is 6.96. The van der Waals surface area contributed by atoms with Crippen molar-refractivity contribution in [3.05, 3.63) is 82.4 Å². The SMILES string of the molecule is Clc1ccc(-n2cccc2CNCc2ccccn2)c(Cl)c1. The van der Waals surface area contributed by atoms with Crippen LogP contribution in [0.4, 0.5) is 0 Å². The molecule has 0 aliphatic heterocycles. The zero-order chi connectivity index (χ0) is 15.4. The Balaban J connectivity index is 1.72. The molecule has 22 heavy (non-hydrogen) atoms. The topological polar surface area (TPSA) is 29.9 Å². The summed E-state index contributed by atoms with van der Waals surface area (Å²) in [6, 6.07) is 15.5. The molecule has 0 aliphatic rings. The third kappa shape index (κ3) is 3.50. The first-order valence-corrected chi connectivity index (χ1v) is 7.72. The summed E-state index contributed by atoms with van der Waals surface area (Å²) in [5, 5.41) is 4.66. The van der Waals surface area contributed by atoms with Gasteiger partial charge in [-0.1, -0.05) is 29.3 Å². The van der Waals surface area contributed by atoms with E-state index in [2.05, 4.69) is 20.9 Å². The fourth-order valence-corrected chi connectivity index (χ4v) is 2.79. The zero-order valence-electron chi connectivity index (χ0n) is 11.8. The molecule has 3 rings (SSSR count). The minimum atomic E-state index is 0.634. The van der Waals surface area contributed by atoms with Crippen molar-refractivity contribution >= 4 is 23.2 Å². The molecule has 0 unspecified atom stereocenters. The van der Waals surface area contributed by atoms with Crippen molar-refractivity contribution in [2.45, 2.75) is 13.1 Å². The Labute approximate surface area is 139 Å². The van der Waals surface area contributed by atoms with Crippen LogP contribution in [0.5, 0.6) is 0 Å². The van der Waals surface area contributed by atoms with Crippen LogP contribution in [-0.4, -0.2) is 9.55 Å². The van der Waals surface area contributed by atoms with Crippen molar-refractivity contribution in [3.8, 4) is 5.69 Å². The Bertz CT molecular complexity index is 754. The lowest BCUT2D eigenvalue weighted by Gasteiger charge is -2.12. The Morgan fingerprint density at radius 3 is 2.68 bits per heavy atom. The second-order valence-corrected chi connectivity index (χ2v) is 5.73. The van der Waals surface area contributed by atoms with Gasteiger partial charge in [0.15, 0.2) is 0 Å². The molecule has 0 fully saturated rings. The molecule has 0 aliphatic carbocycles. The van der Waals surface area contributed by atoms with E-state index in [1.54, 1.807) is 12.3 Å². The molecule has 1 aromatic carbocycles. The van der Waals surface area contributed by atoms with Crippen LogP contribution >= 0.6 is 23.2 Å². The van der Waals surface area contributed by atoms with Gasteiger partial charge in [-0.25, -0.2) is 0 Å². The summed E-state index contributed by atoms with van der Waals surface area (Å²) in [5.74, 6) is 0. The van der Waals surface area contributed by atoms with Crippen molar-refractivity contribution in [1.29, 1.82) is 0 Å². The monoisotopic (exact) mass is 331 g/mol. The molecule has 2 heterocycles. The van der Waals surface area contributed by atoms with E-state index in [0.717, 1.165) is 30.2 Å². The summed E-state index contributed by atoms with van der Waals surface area (Å²) in [6.07, 6.45) is 3.79. The lowest BCUT2D eigenvalue weighted by atomic mass is 10.3. The number of rotatable bonds is 5. The van der Waals surface area contributed by atoms with Crippen LogP contribution in [-0.2, 0) is 13.1 Å². The minimum absolute atomic E-state index is 0.634. The molecule has 0 atom stereocenters. The van der Waals surface area contributed by atoms with Crippen molar-refractivity contribution in [2.24, 2.45) is 0 Å². The Morgan fingerprint density at radius 1 is 1.00 bits per heavy atom. The molecule has 5 heteroatoms. The van der Waals surface area contributed by atoms with Crippen molar-refractivity contribution in [1.82, 2.24) is 14.9 Å². The number of hydrogen-bond donors (Lipinski definition) is 1. The van der Waals surface area contributed by atoms with Gasteiger partial charge in [-0.15, -0.1) is 0 Å². The second-order valence-electron chi connectivity index (χ2n) is 4.89. The van der Waals surface area contributed by atoms with Gasteiger partial charge < -0.3 is 9.88 Å². The van der Waals surface area contributed by atoms with Crippen LogP contribution in [0.1, 0.15) is 11.4 Å². The van der Waals surface area contributed by atoms with E-state index < -0.39 is 0 Å². The molecule has 0 radical (unpaired) electrons. The molecule has 0 spiro atoms. The van der Waals surface area contributed by atoms with Crippen molar-refractivity contribution < 1.29 is 0 Å². The standard InChI is InChI=1S/C17H15Cl2N3/c18-13-6-7-17(16(19)10-13)22-9-3-5-15(22)12-20-11-14-4-1-2-8-21-14/h1-10,20H,11-12H2. The van der Waals surface area contributed by atoms with Crippen molar-refractivity contribution in [2.75, 3.05) is 0 Å². The van der Waals surface area contributed by atoms with Gasteiger partial charge in [0.1, 0.15) is 0 Å². The summed E-state index contributed by atoms with van der Waals surface area (Å²) in [6.45, 7) is 1.45.